The van der Waals surface area contributed by atoms with Crippen LogP contribution in [0.2, 0.25) is 0 Å². The van der Waals surface area contributed by atoms with Gasteiger partial charge in [0.15, 0.2) is 0 Å². The van der Waals surface area contributed by atoms with Crippen LogP contribution < -0.4 is 0 Å². The minimum absolute atomic E-state index is 0.0101. The number of rotatable bonds is 15. The first-order chi connectivity index (χ1) is 20.8. The van der Waals surface area contributed by atoms with E-state index in [-0.39, 0.29) is 36.9 Å². The molecule has 0 aromatic heterocycles. The van der Waals surface area contributed by atoms with Gasteiger partial charge in [-0.3, -0.25) is 4.79 Å². The van der Waals surface area contributed by atoms with Crippen molar-refractivity contribution in [2.24, 2.45) is 17.8 Å². The molecule has 0 radical (unpaired) electrons. The quantitative estimate of drug-likeness (QED) is 0.0935. The topological polar surface area (TPSA) is 104 Å². The lowest BCUT2D eigenvalue weighted by Crippen LogP contribution is -2.25. The Morgan fingerprint density at radius 3 is 2.05 bits per heavy atom. The highest BCUT2D eigenvalue weighted by Gasteiger charge is 2.28. The molecule has 0 spiro atoms. The average molecular weight is 591 g/mol. The van der Waals surface area contributed by atoms with E-state index in [1.165, 1.54) is 47.9 Å². The van der Waals surface area contributed by atoms with Crippen molar-refractivity contribution < 1.29 is 29.6 Å². The average Bonchev–Trinajstić information content (AvgIpc) is 3.06. The van der Waals surface area contributed by atoms with E-state index in [0.717, 1.165) is 19.3 Å². The van der Waals surface area contributed by atoms with Crippen LogP contribution in [0.15, 0.2) is 85.0 Å². The van der Waals surface area contributed by atoms with Crippen LogP contribution in [-0.2, 0) is 20.7 Å². The predicted octanol–water partition coefficient (Wildman–Crippen LogP) is 6.60. The van der Waals surface area contributed by atoms with Gasteiger partial charge in [0.2, 0.25) is 0 Å². The van der Waals surface area contributed by atoms with Crippen molar-refractivity contribution in [1.82, 2.24) is 0 Å². The molecule has 2 aromatic rings. The smallest absolute Gasteiger partial charge is 0.335 e. The van der Waals surface area contributed by atoms with E-state index >= 15 is 0 Å². The second-order valence-electron chi connectivity index (χ2n) is 11.6. The zero-order valence-electron chi connectivity index (χ0n) is 25.9. The van der Waals surface area contributed by atoms with Crippen molar-refractivity contribution in [3.8, 4) is 11.1 Å². The van der Waals surface area contributed by atoms with Crippen molar-refractivity contribution >= 4 is 12.3 Å². The molecular formula is C37H50O6. The number of allylic oxidation sites excluding steroid dienone is 2. The highest BCUT2D eigenvalue weighted by Crippen LogP contribution is 2.40. The SMILES string of the molecule is C=C(C=O)CO.C=C(CO)C(=O)OCC(CO)CC(C)C1CCC(c2ccc(-c3ccc(CC/C=C/C)cc3)cc2)CC1. The van der Waals surface area contributed by atoms with E-state index in [4.69, 9.17) is 14.9 Å². The molecule has 234 valence electrons. The maximum Gasteiger partial charge on any atom is 0.335 e. The Labute approximate surface area is 257 Å². The molecule has 0 amide bonds. The first-order valence-corrected chi connectivity index (χ1v) is 15.4. The Morgan fingerprint density at radius 2 is 1.56 bits per heavy atom. The fourth-order valence-corrected chi connectivity index (χ4v) is 5.56. The monoisotopic (exact) mass is 590 g/mol. The number of aliphatic hydroxyl groups excluding tert-OH is 3. The molecular weight excluding hydrogens is 540 g/mol. The standard InChI is InChI=1S/C33H44O4.C4H6O2/c1-4-5-6-7-26-8-10-29(11-9-26)31-16-18-32(19-17-31)30-14-12-28(13-15-30)24(2)20-27(22-35)23-37-33(36)25(3)21-34;1-4(2-5)3-6/h4-5,8-11,16-19,24,27-28,30,34-35H,3,6-7,12-15,20-23H2,1-2H3;2,6H,1,3H2/b5-4+;. The highest BCUT2D eigenvalue weighted by atomic mass is 16.5. The van der Waals surface area contributed by atoms with E-state index in [9.17, 15) is 14.7 Å². The molecule has 3 N–H and O–H groups in total. The number of carbonyl (C=O) groups is 2. The summed E-state index contributed by atoms with van der Waals surface area (Å²) in [6.45, 7) is 10.5. The Bertz CT molecular complexity index is 1160. The number of aliphatic hydroxyl groups is 3. The number of aldehydes is 1. The van der Waals surface area contributed by atoms with Crippen LogP contribution in [-0.4, -0.2) is 54.0 Å². The zero-order chi connectivity index (χ0) is 31.6. The molecule has 2 atom stereocenters. The van der Waals surface area contributed by atoms with Crippen LogP contribution in [0.3, 0.4) is 0 Å². The van der Waals surface area contributed by atoms with Gasteiger partial charge < -0.3 is 20.1 Å². The molecule has 1 aliphatic rings. The van der Waals surface area contributed by atoms with E-state index in [1.54, 1.807) is 0 Å². The molecule has 0 heterocycles. The van der Waals surface area contributed by atoms with Crippen LogP contribution in [0, 0.1) is 17.8 Å². The maximum atomic E-state index is 11.7. The third kappa shape index (κ3) is 12.4. The Kier molecular flexibility index (Phi) is 16.5. The van der Waals surface area contributed by atoms with Gasteiger partial charge in [-0.05, 0) is 91.9 Å². The van der Waals surface area contributed by atoms with Crippen LogP contribution >= 0.6 is 0 Å². The van der Waals surface area contributed by atoms with Crippen LogP contribution in [0.1, 0.15) is 69.4 Å². The lowest BCUT2D eigenvalue weighted by molar-refractivity contribution is -0.141. The number of ether oxygens (including phenoxy) is 1. The number of carbonyl (C=O) groups excluding carboxylic acids is 2. The molecule has 2 aromatic carbocycles. The number of benzene rings is 2. The van der Waals surface area contributed by atoms with Gasteiger partial charge in [0.05, 0.1) is 25.4 Å². The van der Waals surface area contributed by atoms with Gasteiger partial charge in [0.1, 0.15) is 6.29 Å². The summed E-state index contributed by atoms with van der Waals surface area (Å²) in [4.78, 5) is 21.2. The summed E-state index contributed by atoms with van der Waals surface area (Å²) in [5, 5.41) is 26.8. The molecule has 3 rings (SSSR count). The van der Waals surface area contributed by atoms with E-state index in [0.29, 0.717) is 24.0 Å². The fraction of sp³-hybridized carbons (Fsp3) is 0.459. The zero-order valence-corrected chi connectivity index (χ0v) is 25.9. The van der Waals surface area contributed by atoms with Gasteiger partial charge in [0.25, 0.3) is 0 Å². The maximum absolute atomic E-state index is 11.7. The first-order valence-electron chi connectivity index (χ1n) is 15.4. The van der Waals surface area contributed by atoms with Gasteiger partial charge in [-0.2, -0.15) is 0 Å². The Morgan fingerprint density at radius 1 is 0.953 bits per heavy atom. The molecule has 2 unspecified atom stereocenters. The first kappa shape index (κ1) is 35.9. The molecule has 1 fully saturated rings. The van der Waals surface area contributed by atoms with E-state index in [1.807, 2.05) is 0 Å². The summed E-state index contributed by atoms with van der Waals surface area (Å²) >= 11 is 0. The molecule has 43 heavy (non-hydrogen) atoms. The van der Waals surface area contributed by atoms with Crippen molar-refractivity contribution in [3.63, 3.8) is 0 Å². The summed E-state index contributed by atoms with van der Waals surface area (Å²) < 4.78 is 5.22. The predicted molar refractivity (Wildman–Crippen MR) is 174 cm³/mol. The van der Waals surface area contributed by atoms with Crippen LogP contribution in [0.5, 0.6) is 0 Å². The molecule has 1 saturated carbocycles. The summed E-state index contributed by atoms with van der Waals surface area (Å²) in [6, 6.07) is 18.1. The summed E-state index contributed by atoms with van der Waals surface area (Å²) in [5.41, 5.74) is 5.61. The lowest BCUT2D eigenvalue weighted by atomic mass is 9.72. The number of esters is 1. The number of hydrogen-bond donors (Lipinski definition) is 3. The van der Waals surface area contributed by atoms with Gasteiger partial charge in [-0.15, -0.1) is 0 Å². The van der Waals surface area contributed by atoms with Gasteiger partial charge in [-0.1, -0.05) is 80.8 Å². The largest absolute Gasteiger partial charge is 0.462 e. The number of aryl methyl sites for hydroxylation is 1. The van der Waals surface area contributed by atoms with Gasteiger partial charge >= 0.3 is 5.97 Å². The van der Waals surface area contributed by atoms with Crippen molar-refractivity contribution in [2.45, 2.75) is 64.7 Å². The second-order valence-corrected chi connectivity index (χ2v) is 11.6. The van der Waals surface area contributed by atoms with E-state index in [2.05, 4.69) is 87.7 Å². The van der Waals surface area contributed by atoms with Crippen LogP contribution in [0.25, 0.3) is 11.1 Å². The van der Waals surface area contributed by atoms with E-state index < -0.39 is 12.6 Å². The van der Waals surface area contributed by atoms with Crippen molar-refractivity contribution in [3.05, 3.63) is 96.1 Å². The summed E-state index contributed by atoms with van der Waals surface area (Å²) in [5.74, 6) is 1.01. The summed E-state index contributed by atoms with van der Waals surface area (Å²) in [7, 11) is 0. The third-order valence-corrected chi connectivity index (χ3v) is 8.34. The highest BCUT2D eigenvalue weighted by molar-refractivity contribution is 5.87. The molecule has 6 heteroatoms. The molecule has 0 aliphatic heterocycles. The van der Waals surface area contributed by atoms with Gasteiger partial charge in [-0.25, -0.2) is 4.79 Å². The molecule has 0 saturated heterocycles. The minimum atomic E-state index is -0.586. The molecule has 6 nitrogen and oxygen atoms in total. The summed E-state index contributed by atoms with van der Waals surface area (Å²) in [6.07, 6.45) is 12.6. The number of hydrogen-bond acceptors (Lipinski definition) is 6. The normalized spacial score (nSPS) is 17.8. The fourth-order valence-electron chi connectivity index (χ4n) is 5.56. The van der Waals surface area contributed by atoms with Crippen LogP contribution in [0.4, 0.5) is 0 Å². The molecule has 1 aliphatic carbocycles. The Balaban J connectivity index is 0.000000973. The van der Waals surface area contributed by atoms with Crippen molar-refractivity contribution in [1.29, 1.82) is 0 Å². The third-order valence-electron chi connectivity index (χ3n) is 8.34. The lowest BCUT2D eigenvalue weighted by Gasteiger charge is -2.34. The van der Waals surface area contributed by atoms with Crippen molar-refractivity contribution in [2.75, 3.05) is 26.4 Å². The van der Waals surface area contributed by atoms with Gasteiger partial charge in [0, 0.05) is 18.1 Å². The Hall–Kier alpha value is -3.32. The second kappa shape index (κ2) is 19.8. The molecule has 0 bridgehead atoms. The minimum Gasteiger partial charge on any atom is -0.462 e.